The van der Waals surface area contributed by atoms with Gasteiger partial charge in [0.05, 0.1) is 4.47 Å². The molecule has 1 aliphatic carbocycles. The molecule has 1 aliphatic heterocycles. The summed E-state index contributed by atoms with van der Waals surface area (Å²) in [5.41, 5.74) is 0.733. The minimum atomic E-state index is -0.291. The third kappa shape index (κ3) is 2.78. The summed E-state index contributed by atoms with van der Waals surface area (Å²) in [4.78, 5) is 2.37. The molecule has 1 atom stereocenters. The molecule has 19 heavy (non-hydrogen) atoms. The first kappa shape index (κ1) is 13.3. The Hall–Kier alpha value is -0.650. The number of phenolic OH excluding ortho intramolecular Hbond substituents is 1. The van der Waals surface area contributed by atoms with Gasteiger partial charge in [0.1, 0.15) is 11.6 Å². The maximum absolute atomic E-state index is 13.6. The number of nitrogens with one attached hydrogen (secondary N) is 1. The molecule has 1 aromatic rings. The van der Waals surface area contributed by atoms with E-state index < -0.39 is 0 Å². The van der Waals surface area contributed by atoms with Crippen molar-refractivity contribution in [1.82, 2.24) is 10.2 Å². The number of hydrogen-bond acceptors (Lipinski definition) is 3. The van der Waals surface area contributed by atoms with Gasteiger partial charge in [0.25, 0.3) is 0 Å². The second kappa shape index (κ2) is 5.38. The first-order chi connectivity index (χ1) is 9.16. The van der Waals surface area contributed by atoms with E-state index >= 15 is 0 Å². The second-order valence-corrected chi connectivity index (χ2v) is 6.25. The molecule has 0 bridgehead atoms. The Morgan fingerprint density at radius 2 is 2.00 bits per heavy atom. The number of phenols is 1. The van der Waals surface area contributed by atoms with Gasteiger partial charge in [-0.3, -0.25) is 4.90 Å². The molecule has 1 saturated carbocycles. The Labute approximate surface area is 120 Å². The Morgan fingerprint density at radius 3 is 2.63 bits per heavy atom. The summed E-state index contributed by atoms with van der Waals surface area (Å²) < 4.78 is 14.1. The first-order valence-electron chi connectivity index (χ1n) is 6.79. The van der Waals surface area contributed by atoms with E-state index in [-0.39, 0.29) is 17.6 Å². The molecule has 1 saturated heterocycles. The summed E-state index contributed by atoms with van der Waals surface area (Å²) in [7, 11) is 0. The van der Waals surface area contributed by atoms with Gasteiger partial charge in [-0.05, 0) is 46.8 Å². The highest BCUT2D eigenvalue weighted by Crippen LogP contribution is 2.48. The predicted octanol–water partition coefficient (Wildman–Crippen LogP) is 2.65. The zero-order valence-electron chi connectivity index (χ0n) is 10.7. The molecule has 0 spiro atoms. The van der Waals surface area contributed by atoms with Crippen molar-refractivity contribution in [3.63, 3.8) is 0 Å². The molecule has 0 aromatic heterocycles. The van der Waals surface area contributed by atoms with Crippen LogP contribution in [0.1, 0.15) is 24.4 Å². The number of benzene rings is 1. The van der Waals surface area contributed by atoms with Crippen LogP contribution in [0.3, 0.4) is 0 Å². The molecule has 3 nitrogen and oxygen atoms in total. The maximum Gasteiger partial charge on any atom is 0.134 e. The van der Waals surface area contributed by atoms with E-state index in [1.807, 2.05) is 0 Å². The lowest BCUT2D eigenvalue weighted by molar-refractivity contribution is 0.153. The van der Waals surface area contributed by atoms with Crippen LogP contribution in [0.2, 0.25) is 0 Å². The van der Waals surface area contributed by atoms with E-state index in [4.69, 9.17) is 0 Å². The van der Waals surface area contributed by atoms with Crippen molar-refractivity contribution in [1.29, 1.82) is 0 Å². The molecular weight excluding hydrogens is 311 g/mol. The fourth-order valence-corrected chi connectivity index (χ4v) is 3.38. The van der Waals surface area contributed by atoms with Crippen molar-refractivity contribution in [3.05, 3.63) is 28.0 Å². The fourth-order valence-electron chi connectivity index (χ4n) is 2.93. The standard InChI is InChI=1S/C14H18BrFN2O/c15-12-8-10(16)7-11(14(12)19)13(9-1-2-9)18-5-3-17-4-6-18/h7-9,13,17,19H,1-6H2/t13-/m1/s1. The van der Waals surface area contributed by atoms with Crippen LogP contribution < -0.4 is 5.32 Å². The molecule has 2 N–H and O–H groups in total. The minimum absolute atomic E-state index is 0.147. The quantitative estimate of drug-likeness (QED) is 0.895. The fraction of sp³-hybridized carbons (Fsp3) is 0.571. The van der Waals surface area contributed by atoms with E-state index in [0.29, 0.717) is 10.4 Å². The van der Waals surface area contributed by atoms with Crippen molar-refractivity contribution in [2.45, 2.75) is 18.9 Å². The van der Waals surface area contributed by atoms with E-state index in [2.05, 4.69) is 26.1 Å². The number of rotatable bonds is 3. The van der Waals surface area contributed by atoms with Crippen molar-refractivity contribution < 1.29 is 9.50 Å². The van der Waals surface area contributed by atoms with Gasteiger partial charge in [0.15, 0.2) is 0 Å². The van der Waals surface area contributed by atoms with Crippen LogP contribution >= 0.6 is 15.9 Å². The zero-order chi connectivity index (χ0) is 13.4. The number of nitrogens with zero attached hydrogens (tertiary/aromatic N) is 1. The molecule has 3 rings (SSSR count). The first-order valence-corrected chi connectivity index (χ1v) is 7.59. The minimum Gasteiger partial charge on any atom is -0.506 e. The lowest BCUT2D eigenvalue weighted by atomic mass is 9.98. The van der Waals surface area contributed by atoms with Crippen molar-refractivity contribution in [2.24, 2.45) is 5.92 Å². The molecular formula is C14H18BrFN2O. The number of hydrogen-bond donors (Lipinski definition) is 2. The van der Waals surface area contributed by atoms with Gasteiger partial charge in [-0.15, -0.1) is 0 Å². The van der Waals surface area contributed by atoms with Gasteiger partial charge in [-0.2, -0.15) is 0 Å². The lowest BCUT2D eigenvalue weighted by Gasteiger charge is -2.35. The topological polar surface area (TPSA) is 35.5 Å². The van der Waals surface area contributed by atoms with E-state index in [1.165, 1.54) is 25.0 Å². The normalized spacial score (nSPS) is 22.4. The van der Waals surface area contributed by atoms with Crippen LogP contribution in [0.5, 0.6) is 5.75 Å². The molecule has 2 fully saturated rings. The smallest absolute Gasteiger partial charge is 0.134 e. The summed E-state index contributed by atoms with van der Waals surface area (Å²) in [6.45, 7) is 3.82. The van der Waals surface area contributed by atoms with Crippen LogP contribution in [0.25, 0.3) is 0 Å². The highest BCUT2D eigenvalue weighted by atomic mass is 79.9. The molecule has 1 heterocycles. The number of aromatic hydroxyl groups is 1. The van der Waals surface area contributed by atoms with Crippen LogP contribution in [-0.4, -0.2) is 36.2 Å². The van der Waals surface area contributed by atoms with Crippen molar-refractivity contribution in [3.8, 4) is 5.75 Å². The highest BCUT2D eigenvalue weighted by molar-refractivity contribution is 9.10. The van der Waals surface area contributed by atoms with E-state index in [9.17, 15) is 9.50 Å². The summed E-state index contributed by atoms with van der Waals surface area (Å²) in [6, 6.07) is 2.96. The largest absolute Gasteiger partial charge is 0.506 e. The van der Waals surface area contributed by atoms with Crippen LogP contribution in [0.4, 0.5) is 4.39 Å². The van der Waals surface area contributed by atoms with Crippen LogP contribution in [-0.2, 0) is 0 Å². The Morgan fingerprint density at radius 1 is 1.32 bits per heavy atom. The molecule has 2 aliphatic rings. The van der Waals surface area contributed by atoms with Gasteiger partial charge in [0, 0.05) is 37.8 Å². The monoisotopic (exact) mass is 328 g/mol. The van der Waals surface area contributed by atoms with Crippen molar-refractivity contribution >= 4 is 15.9 Å². The molecule has 0 radical (unpaired) electrons. The Bertz CT molecular complexity index is 473. The van der Waals surface area contributed by atoms with Gasteiger partial charge < -0.3 is 10.4 Å². The van der Waals surface area contributed by atoms with E-state index in [0.717, 1.165) is 31.7 Å². The molecule has 0 unspecified atom stereocenters. The summed E-state index contributed by atoms with van der Waals surface area (Å²) in [5, 5.41) is 13.6. The third-order valence-electron chi connectivity index (χ3n) is 3.99. The second-order valence-electron chi connectivity index (χ2n) is 5.39. The lowest BCUT2D eigenvalue weighted by Crippen LogP contribution is -2.45. The molecule has 1 aromatic carbocycles. The maximum atomic E-state index is 13.6. The summed E-state index contributed by atoms with van der Waals surface area (Å²) in [6.07, 6.45) is 2.34. The zero-order valence-corrected chi connectivity index (χ0v) is 12.3. The number of halogens is 2. The van der Waals surface area contributed by atoms with Gasteiger partial charge in [-0.1, -0.05) is 0 Å². The molecule has 0 amide bonds. The van der Waals surface area contributed by atoms with Gasteiger partial charge in [-0.25, -0.2) is 4.39 Å². The third-order valence-corrected chi connectivity index (χ3v) is 4.59. The van der Waals surface area contributed by atoms with Crippen molar-refractivity contribution in [2.75, 3.05) is 26.2 Å². The Kier molecular flexibility index (Phi) is 3.78. The molecule has 5 heteroatoms. The molecule has 104 valence electrons. The Balaban J connectivity index is 1.95. The summed E-state index contributed by atoms with van der Waals surface area (Å²) in [5.74, 6) is 0.454. The average molecular weight is 329 g/mol. The van der Waals surface area contributed by atoms with Crippen LogP contribution in [0, 0.1) is 11.7 Å². The summed E-state index contributed by atoms with van der Waals surface area (Å²) >= 11 is 3.24. The van der Waals surface area contributed by atoms with Gasteiger partial charge >= 0.3 is 0 Å². The number of piperazine rings is 1. The predicted molar refractivity (Wildman–Crippen MR) is 75.7 cm³/mol. The van der Waals surface area contributed by atoms with Gasteiger partial charge in [0.2, 0.25) is 0 Å². The SMILES string of the molecule is Oc1c(Br)cc(F)cc1[C@@H](C1CC1)N1CCNCC1. The highest BCUT2D eigenvalue weighted by Gasteiger charge is 2.38. The van der Waals surface area contributed by atoms with Crippen LogP contribution in [0.15, 0.2) is 16.6 Å². The van der Waals surface area contributed by atoms with E-state index in [1.54, 1.807) is 0 Å². The average Bonchev–Trinajstić information content (AvgIpc) is 3.21.